The number of Topliss-reactive ketones (excluding diaryl/α,β-unsaturated/α-hetero) is 1. The van der Waals surface area contributed by atoms with Crippen molar-refractivity contribution in [2.75, 3.05) is 11.9 Å². The molecule has 0 saturated carbocycles. The molecule has 106 valence electrons. The van der Waals surface area contributed by atoms with Crippen LogP contribution in [0.15, 0.2) is 30.3 Å². The summed E-state index contributed by atoms with van der Waals surface area (Å²) in [6.45, 7) is 4.83. The van der Waals surface area contributed by atoms with E-state index in [9.17, 15) is 4.79 Å². The zero-order valence-electron chi connectivity index (χ0n) is 11.7. The van der Waals surface area contributed by atoms with Crippen LogP contribution in [0.25, 0.3) is 0 Å². The number of nitrogens with one attached hydrogen (secondary N) is 1. The lowest BCUT2D eigenvalue weighted by Crippen LogP contribution is -2.18. The normalized spacial score (nSPS) is 10.6. The van der Waals surface area contributed by atoms with E-state index in [1.165, 1.54) is 0 Å². The summed E-state index contributed by atoms with van der Waals surface area (Å²) in [6.07, 6.45) is 0.299. The van der Waals surface area contributed by atoms with Crippen LogP contribution in [-0.2, 0) is 17.8 Å². The first kappa shape index (κ1) is 14.6. The van der Waals surface area contributed by atoms with E-state index >= 15 is 0 Å². The predicted octanol–water partition coefficient (Wildman–Crippen LogP) is 3.09. The summed E-state index contributed by atoms with van der Waals surface area (Å²) >= 11 is 6.20. The van der Waals surface area contributed by atoms with Crippen molar-refractivity contribution in [3.63, 3.8) is 0 Å². The Labute approximate surface area is 123 Å². The summed E-state index contributed by atoms with van der Waals surface area (Å²) in [5, 5.41) is 8.02. The van der Waals surface area contributed by atoms with Crippen molar-refractivity contribution in [2.24, 2.45) is 0 Å². The van der Waals surface area contributed by atoms with E-state index in [0.717, 1.165) is 17.1 Å². The van der Waals surface area contributed by atoms with Gasteiger partial charge in [-0.2, -0.15) is 5.10 Å². The van der Waals surface area contributed by atoms with Gasteiger partial charge < -0.3 is 5.32 Å². The number of aromatic nitrogens is 2. The number of nitrogens with zero attached hydrogens (tertiary/aromatic N) is 2. The molecule has 20 heavy (non-hydrogen) atoms. The van der Waals surface area contributed by atoms with Crippen LogP contribution in [0.2, 0.25) is 5.02 Å². The van der Waals surface area contributed by atoms with Crippen molar-refractivity contribution in [2.45, 2.75) is 26.8 Å². The molecule has 0 fully saturated rings. The van der Waals surface area contributed by atoms with E-state index in [-0.39, 0.29) is 12.3 Å². The van der Waals surface area contributed by atoms with Crippen molar-refractivity contribution in [1.82, 2.24) is 9.78 Å². The molecule has 0 aliphatic heterocycles. The number of rotatable bonds is 6. The summed E-state index contributed by atoms with van der Waals surface area (Å²) in [7, 11) is 0. The number of aryl methyl sites for hydroxylation is 2. The van der Waals surface area contributed by atoms with Crippen LogP contribution in [0.4, 0.5) is 5.69 Å². The van der Waals surface area contributed by atoms with Gasteiger partial charge >= 0.3 is 0 Å². The molecule has 0 saturated heterocycles. The second-order valence-corrected chi connectivity index (χ2v) is 4.97. The van der Waals surface area contributed by atoms with Gasteiger partial charge in [-0.3, -0.25) is 9.48 Å². The van der Waals surface area contributed by atoms with Crippen LogP contribution >= 0.6 is 11.6 Å². The van der Waals surface area contributed by atoms with E-state index in [4.69, 9.17) is 11.6 Å². The van der Waals surface area contributed by atoms with Gasteiger partial charge in [0.05, 0.1) is 29.4 Å². The highest BCUT2D eigenvalue weighted by atomic mass is 35.5. The van der Waals surface area contributed by atoms with Gasteiger partial charge in [0.25, 0.3) is 0 Å². The summed E-state index contributed by atoms with van der Waals surface area (Å²) in [5.41, 5.74) is 2.51. The molecule has 1 aromatic carbocycles. The van der Waals surface area contributed by atoms with Gasteiger partial charge in [0.1, 0.15) is 0 Å². The minimum absolute atomic E-state index is 0.0883. The first-order valence-corrected chi connectivity index (χ1v) is 7.02. The zero-order valence-corrected chi connectivity index (χ0v) is 12.4. The second kappa shape index (κ2) is 6.57. The van der Waals surface area contributed by atoms with Crippen molar-refractivity contribution < 1.29 is 4.79 Å². The van der Waals surface area contributed by atoms with Crippen LogP contribution in [0.1, 0.15) is 18.3 Å². The van der Waals surface area contributed by atoms with Gasteiger partial charge in [-0.05, 0) is 26.0 Å². The second-order valence-electron chi connectivity index (χ2n) is 4.60. The summed E-state index contributed by atoms with van der Waals surface area (Å²) in [6, 6.07) is 9.66. The molecular weight excluding hydrogens is 274 g/mol. The molecule has 0 aliphatic carbocycles. The van der Waals surface area contributed by atoms with E-state index in [2.05, 4.69) is 10.4 Å². The van der Waals surface area contributed by atoms with Crippen LogP contribution < -0.4 is 5.32 Å². The molecule has 4 nitrogen and oxygen atoms in total. The molecule has 0 atom stereocenters. The highest BCUT2D eigenvalue weighted by Crippen LogP contribution is 2.20. The average Bonchev–Trinajstić information content (AvgIpc) is 2.74. The minimum Gasteiger partial charge on any atom is -0.378 e. The maximum absolute atomic E-state index is 12.1. The number of hydrogen-bond donors (Lipinski definition) is 1. The van der Waals surface area contributed by atoms with Crippen LogP contribution in [-0.4, -0.2) is 22.1 Å². The summed E-state index contributed by atoms with van der Waals surface area (Å²) < 4.78 is 1.79. The third-order valence-electron chi connectivity index (χ3n) is 3.08. The molecule has 2 aromatic rings. The third kappa shape index (κ3) is 3.39. The molecule has 0 unspecified atom stereocenters. The maximum atomic E-state index is 12.1. The minimum atomic E-state index is 0.0883. The SMILES string of the molecule is CCn1nc(C)c(Cl)c1CC(=O)CNc1ccccc1. The van der Waals surface area contributed by atoms with E-state index in [1.54, 1.807) is 4.68 Å². The molecular formula is C15H18ClN3O. The number of ketones is 1. The van der Waals surface area contributed by atoms with E-state index < -0.39 is 0 Å². The smallest absolute Gasteiger partial charge is 0.157 e. The number of para-hydroxylation sites is 1. The molecule has 0 aliphatic rings. The molecule has 0 radical (unpaired) electrons. The highest BCUT2D eigenvalue weighted by molar-refractivity contribution is 6.32. The van der Waals surface area contributed by atoms with Crippen LogP contribution in [0, 0.1) is 6.92 Å². The first-order chi connectivity index (χ1) is 9.61. The van der Waals surface area contributed by atoms with Gasteiger partial charge in [-0.15, -0.1) is 0 Å². The summed E-state index contributed by atoms with van der Waals surface area (Å²) in [4.78, 5) is 12.1. The first-order valence-electron chi connectivity index (χ1n) is 6.64. The van der Waals surface area contributed by atoms with Crippen molar-refractivity contribution >= 4 is 23.1 Å². The fourth-order valence-electron chi connectivity index (χ4n) is 2.04. The Morgan fingerprint density at radius 1 is 1.35 bits per heavy atom. The number of benzene rings is 1. The molecule has 1 heterocycles. The topological polar surface area (TPSA) is 46.9 Å². The Bertz CT molecular complexity index is 593. The van der Waals surface area contributed by atoms with Crippen LogP contribution in [0.3, 0.4) is 0 Å². The lowest BCUT2D eigenvalue weighted by molar-refractivity contribution is -0.116. The van der Waals surface area contributed by atoms with E-state index in [0.29, 0.717) is 18.0 Å². The van der Waals surface area contributed by atoms with Crippen molar-refractivity contribution in [3.05, 3.63) is 46.7 Å². The molecule has 0 amide bonds. The zero-order chi connectivity index (χ0) is 14.5. The van der Waals surface area contributed by atoms with Gasteiger partial charge in [0, 0.05) is 12.2 Å². The Morgan fingerprint density at radius 3 is 2.70 bits per heavy atom. The molecule has 1 N–H and O–H groups in total. The number of halogens is 1. The number of carbonyl (C=O) groups is 1. The molecule has 0 spiro atoms. The van der Waals surface area contributed by atoms with E-state index in [1.807, 2.05) is 44.2 Å². The lowest BCUT2D eigenvalue weighted by Gasteiger charge is -2.07. The van der Waals surface area contributed by atoms with Gasteiger partial charge in [0.15, 0.2) is 5.78 Å². The fourth-order valence-corrected chi connectivity index (χ4v) is 2.25. The standard InChI is InChI=1S/C15H18ClN3O/c1-3-19-14(15(16)11(2)18-19)9-13(20)10-17-12-7-5-4-6-8-12/h4-8,17H,3,9-10H2,1-2H3. The van der Waals surface area contributed by atoms with Gasteiger partial charge in [-0.1, -0.05) is 29.8 Å². The lowest BCUT2D eigenvalue weighted by atomic mass is 10.2. The Balaban J connectivity index is 1.98. The Hall–Kier alpha value is -1.81. The molecule has 2 rings (SSSR count). The molecule has 1 aromatic heterocycles. The quantitative estimate of drug-likeness (QED) is 0.890. The highest BCUT2D eigenvalue weighted by Gasteiger charge is 2.15. The molecule has 0 bridgehead atoms. The van der Waals surface area contributed by atoms with Crippen molar-refractivity contribution in [3.8, 4) is 0 Å². The predicted molar refractivity (Wildman–Crippen MR) is 81.3 cm³/mol. The number of carbonyl (C=O) groups excluding carboxylic acids is 1. The average molecular weight is 292 g/mol. The van der Waals surface area contributed by atoms with Gasteiger partial charge in [0.2, 0.25) is 0 Å². The maximum Gasteiger partial charge on any atom is 0.157 e. The van der Waals surface area contributed by atoms with Crippen molar-refractivity contribution in [1.29, 1.82) is 0 Å². The number of hydrogen-bond acceptors (Lipinski definition) is 3. The Morgan fingerprint density at radius 2 is 2.05 bits per heavy atom. The van der Waals surface area contributed by atoms with Gasteiger partial charge in [-0.25, -0.2) is 0 Å². The monoisotopic (exact) mass is 291 g/mol. The van der Waals surface area contributed by atoms with Crippen LogP contribution in [0.5, 0.6) is 0 Å². The Kier molecular flexibility index (Phi) is 4.79. The third-order valence-corrected chi connectivity index (χ3v) is 3.57. The number of anilines is 1. The molecule has 5 heteroatoms. The summed E-state index contributed by atoms with van der Waals surface area (Å²) in [5.74, 6) is 0.0883. The largest absolute Gasteiger partial charge is 0.378 e. The fraction of sp³-hybridized carbons (Fsp3) is 0.333.